The number of nitrogens with zero attached hydrogens (tertiary/aromatic N) is 1. The van der Waals surface area contributed by atoms with Crippen LogP contribution in [0, 0.1) is 5.92 Å². The van der Waals surface area contributed by atoms with Gasteiger partial charge in [0.1, 0.15) is 0 Å². The van der Waals surface area contributed by atoms with Gasteiger partial charge in [0.2, 0.25) is 11.8 Å². The van der Waals surface area contributed by atoms with Gasteiger partial charge in [-0.3, -0.25) is 14.4 Å². The Balaban J connectivity index is 1.97. The van der Waals surface area contributed by atoms with Crippen LogP contribution in [0.15, 0.2) is 40.3 Å². The van der Waals surface area contributed by atoms with E-state index in [9.17, 15) is 19.5 Å². The summed E-state index contributed by atoms with van der Waals surface area (Å²) in [6.45, 7) is 3.59. The molecule has 2 aromatic rings. The highest BCUT2D eigenvalue weighted by Crippen LogP contribution is 2.17. The Kier molecular flexibility index (Phi) is 5.75. The van der Waals surface area contributed by atoms with E-state index < -0.39 is 5.56 Å². The van der Waals surface area contributed by atoms with Gasteiger partial charge in [0.25, 0.3) is 5.56 Å². The van der Waals surface area contributed by atoms with E-state index in [1.807, 2.05) is 0 Å². The van der Waals surface area contributed by atoms with Crippen LogP contribution in [-0.4, -0.2) is 32.5 Å². The topological polar surface area (TPSA) is 112 Å². The molecule has 1 aromatic carbocycles. The molecule has 0 aliphatic rings. The van der Waals surface area contributed by atoms with Gasteiger partial charge in [0, 0.05) is 17.2 Å². The Morgan fingerprint density at radius 2 is 1.96 bits per heavy atom. The predicted octanol–water partition coefficient (Wildman–Crippen LogP) is 2.04. The molecule has 0 atom stereocenters. The Morgan fingerprint density at radius 3 is 2.54 bits per heavy atom. The van der Waals surface area contributed by atoms with Crippen molar-refractivity contribution in [2.45, 2.75) is 19.0 Å². The number of ketones is 1. The van der Waals surface area contributed by atoms with E-state index in [0.29, 0.717) is 11.3 Å². The average molecular weight is 347 g/mol. The van der Waals surface area contributed by atoms with Gasteiger partial charge in [-0.15, -0.1) is 0 Å². The van der Waals surface area contributed by atoms with Crippen molar-refractivity contribution in [1.29, 1.82) is 0 Å². The third kappa shape index (κ3) is 4.95. The van der Waals surface area contributed by atoms with E-state index in [1.165, 1.54) is 0 Å². The van der Waals surface area contributed by atoms with E-state index in [-0.39, 0.29) is 34.4 Å². The molecule has 0 bridgehead atoms. The highest BCUT2D eigenvalue weighted by molar-refractivity contribution is 7.99. The molecular weight excluding hydrogens is 330 g/mol. The van der Waals surface area contributed by atoms with Crippen molar-refractivity contribution in [3.8, 4) is 5.88 Å². The van der Waals surface area contributed by atoms with Crippen molar-refractivity contribution >= 4 is 29.1 Å². The van der Waals surface area contributed by atoms with Crippen LogP contribution >= 0.6 is 11.8 Å². The van der Waals surface area contributed by atoms with Gasteiger partial charge in [-0.2, -0.15) is 4.98 Å². The summed E-state index contributed by atoms with van der Waals surface area (Å²) in [5, 5.41) is 12.2. The molecule has 0 unspecified atom stereocenters. The summed E-state index contributed by atoms with van der Waals surface area (Å²) in [5.74, 6) is -0.709. The van der Waals surface area contributed by atoms with Crippen LogP contribution in [0.25, 0.3) is 0 Å². The fraction of sp³-hybridized carbons (Fsp3) is 0.250. The lowest BCUT2D eigenvalue weighted by atomic mass is 10.1. The summed E-state index contributed by atoms with van der Waals surface area (Å²) in [6, 6.07) is 7.52. The van der Waals surface area contributed by atoms with Crippen LogP contribution in [-0.2, 0) is 4.79 Å². The number of benzene rings is 1. The van der Waals surface area contributed by atoms with E-state index in [4.69, 9.17) is 0 Å². The van der Waals surface area contributed by atoms with E-state index in [1.54, 1.807) is 38.1 Å². The summed E-state index contributed by atoms with van der Waals surface area (Å²) in [5.41, 5.74) is 0.618. The standard InChI is InChI=1S/C16H17N3O4S/c1-9(2)15(23)17-11-5-3-10(4-6-11)12(20)8-24-16-18-13(21)7-14(22)19-16/h3-7,9H,8H2,1-2H3,(H,17,23)(H2,18,19,21,22). The van der Waals surface area contributed by atoms with Gasteiger partial charge in [0.05, 0.1) is 11.8 Å². The smallest absolute Gasteiger partial charge is 0.255 e. The molecular formula is C16H17N3O4S. The number of nitrogens with one attached hydrogen (secondary N) is 2. The number of Topliss-reactive ketones (excluding diaryl/α,β-unsaturated/α-hetero) is 1. The fourth-order valence-corrected chi connectivity index (χ4v) is 2.50. The summed E-state index contributed by atoms with van der Waals surface area (Å²) in [7, 11) is 0. The molecule has 1 amide bonds. The maximum absolute atomic E-state index is 12.1. The summed E-state index contributed by atoms with van der Waals surface area (Å²) in [4.78, 5) is 41.1. The molecule has 0 aliphatic heterocycles. The first-order valence-electron chi connectivity index (χ1n) is 7.22. The first kappa shape index (κ1) is 17.7. The van der Waals surface area contributed by atoms with Gasteiger partial charge >= 0.3 is 0 Å². The number of thioether (sulfide) groups is 1. The van der Waals surface area contributed by atoms with Crippen LogP contribution in [0.1, 0.15) is 24.2 Å². The molecule has 8 heteroatoms. The summed E-state index contributed by atoms with van der Waals surface area (Å²) in [6.07, 6.45) is 0. The Labute approximate surface area is 142 Å². The maximum Gasteiger partial charge on any atom is 0.255 e. The molecule has 0 spiro atoms. The van der Waals surface area contributed by atoms with E-state index in [0.717, 1.165) is 17.8 Å². The van der Waals surface area contributed by atoms with E-state index in [2.05, 4.69) is 15.3 Å². The molecule has 1 heterocycles. The molecule has 0 aliphatic carbocycles. The largest absolute Gasteiger partial charge is 0.493 e. The quantitative estimate of drug-likeness (QED) is 0.419. The monoisotopic (exact) mass is 347 g/mol. The minimum atomic E-state index is -0.484. The Bertz CT molecular complexity index is 800. The number of rotatable bonds is 6. The average Bonchev–Trinajstić information content (AvgIpc) is 2.52. The van der Waals surface area contributed by atoms with Crippen molar-refractivity contribution in [3.05, 3.63) is 46.2 Å². The third-order valence-corrected chi connectivity index (χ3v) is 3.92. The number of hydrogen-bond donors (Lipinski definition) is 3. The zero-order chi connectivity index (χ0) is 17.7. The van der Waals surface area contributed by atoms with Crippen molar-refractivity contribution in [2.24, 2.45) is 5.92 Å². The SMILES string of the molecule is CC(C)C(=O)Nc1ccc(C(=O)CSc2nc(O)cc(=O)[nH]2)cc1. The lowest BCUT2D eigenvalue weighted by molar-refractivity contribution is -0.118. The van der Waals surface area contributed by atoms with Crippen molar-refractivity contribution in [1.82, 2.24) is 9.97 Å². The zero-order valence-electron chi connectivity index (χ0n) is 13.2. The second-order valence-corrected chi connectivity index (χ2v) is 6.31. The molecule has 0 fully saturated rings. The number of aromatic nitrogens is 2. The van der Waals surface area contributed by atoms with Gasteiger partial charge < -0.3 is 15.4 Å². The number of aromatic hydroxyl groups is 1. The number of aromatic amines is 1. The molecule has 24 heavy (non-hydrogen) atoms. The highest BCUT2D eigenvalue weighted by Gasteiger charge is 2.10. The molecule has 3 N–H and O–H groups in total. The van der Waals surface area contributed by atoms with Crippen molar-refractivity contribution in [2.75, 3.05) is 11.1 Å². The normalized spacial score (nSPS) is 10.6. The molecule has 0 radical (unpaired) electrons. The lowest BCUT2D eigenvalue weighted by Crippen LogP contribution is -2.17. The number of H-pyrrole nitrogens is 1. The fourth-order valence-electron chi connectivity index (χ4n) is 1.73. The maximum atomic E-state index is 12.1. The second kappa shape index (κ2) is 7.78. The third-order valence-electron chi connectivity index (χ3n) is 3.05. The first-order valence-corrected chi connectivity index (χ1v) is 8.21. The zero-order valence-corrected chi connectivity index (χ0v) is 14.0. The number of carbonyl (C=O) groups excluding carboxylic acids is 2. The van der Waals surface area contributed by atoms with Crippen molar-refractivity contribution in [3.63, 3.8) is 0 Å². The minimum Gasteiger partial charge on any atom is -0.493 e. The molecule has 2 rings (SSSR count). The number of hydrogen-bond acceptors (Lipinski definition) is 6. The molecule has 0 saturated carbocycles. The molecule has 0 saturated heterocycles. The number of amides is 1. The lowest BCUT2D eigenvalue weighted by Gasteiger charge is -2.08. The Hall–Kier alpha value is -2.61. The summed E-state index contributed by atoms with van der Waals surface area (Å²) >= 11 is 1.02. The number of anilines is 1. The summed E-state index contributed by atoms with van der Waals surface area (Å²) < 4.78 is 0. The van der Waals surface area contributed by atoms with Crippen LogP contribution in [0.4, 0.5) is 5.69 Å². The molecule has 126 valence electrons. The highest BCUT2D eigenvalue weighted by atomic mass is 32.2. The van der Waals surface area contributed by atoms with Crippen LogP contribution in [0.3, 0.4) is 0 Å². The molecule has 1 aromatic heterocycles. The van der Waals surface area contributed by atoms with E-state index >= 15 is 0 Å². The van der Waals surface area contributed by atoms with Gasteiger partial charge in [-0.25, -0.2) is 0 Å². The van der Waals surface area contributed by atoms with Crippen LogP contribution < -0.4 is 10.9 Å². The molecule has 7 nitrogen and oxygen atoms in total. The van der Waals surface area contributed by atoms with Crippen LogP contribution in [0.5, 0.6) is 5.88 Å². The van der Waals surface area contributed by atoms with Gasteiger partial charge in [-0.05, 0) is 24.3 Å². The Morgan fingerprint density at radius 1 is 1.29 bits per heavy atom. The van der Waals surface area contributed by atoms with Gasteiger partial charge in [0.15, 0.2) is 10.9 Å². The van der Waals surface area contributed by atoms with Crippen molar-refractivity contribution < 1.29 is 14.7 Å². The number of carbonyl (C=O) groups is 2. The van der Waals surface area contributed by atoms with Crippen LogP contribution in [0.2, 0.25) is 0 Å². The first-order chi connectivity index (χ1) is 11.3. The van der Waals surface area contributed by atoms with Gasteiger partial charge in [-0.1, -0.05) is 25.6 Å². The second-order valence-electron chi connectivity index (χ2n) is 5.34. The minimum absolute atomic E-state index is 0.0596. The predicted molar refractivity (Wildman–Crippen MR) is 91.5 cm³/mol.